The van der Waals surface area contributed by atoms with E-state index in [-0.39, 0.29) is 25.1 Å². The standard InChI is InChI=1S/C13H15F3N2O2/c1-8-5-11(19)10(6-17-8)12(20)18-4-2-3-9(7-18)13(14,15)16/h5-6,9H,2-4,7H2,1H3,(H,17,19). The number of aromatic nitrogens is 1. The molecule has 1 aliphatic rings. The number of aryl methyl sites for hydroxylation is 1. The Hall–Kier alpha value is -1.79. The van der Waals surface area contributed by atoms with Crippen LogP contribution in [0.3, 0.4) is 0 Å². The van der Waals surface area contributed by atoms with Gasteiger partial charge in [-0.25, -0.2) is 0 Å². The highest BCUT2D eigenvalue weighted by Gasteiger charge is 2.42. The average molecular weight is 288 g/mol. The Kier molecular flexibility index (Phi) is 3.87. The molecule has 1 amide bonds. The quantitative estimate of drug-likeness (QED) is 0.860. The number of pyridine rings is 1. The predicted molar refractivity (Wildman–Crippen MR) is 66.5 cm³/mol. The molecular weight excluding hydrogens is 273 g/mol. The number of H-pyrrole nitrogens is 1. The fourth-order valence-electron chi connectivity index (χ4n) is 2.34. The van der Waals surface area contributed by atoms with Crippen LogP contribution in [0.25, 0.3) is 0 Å². The van der Waals surface area contributed by atoms with Crippen molar-refractivity contribution in [2.24, 2.45) is 5.92 Å². The van der Waals surface area contributed by atoms with Crippen LogP contribution in [0.4, 0.5) is 13.2 Å². The summed E-state index contributed by atoms with van der Waals surface area (Å²) >= 11 is 0. The van der Waals surface area contributed by atoms with Gasteiger partial charge in [0, 0.05) is 31.0 Å². The Morgan fingerprint density at radius 1 is 1.45 bits per heavy atom. The minimum Gasteiger partial charge on any atom is -0.364 e. The molecule has 1 aromatic rings. The number of hydrogen-bond acceptors (Lipinski definition) is 2. The maximum Gasteiger partial charge on any atom is 0.393 e. The first kappa shape index (κ1) is 14.6. The van der Waals surface area contributed by atoms with E-state index in [1.807, 2.05) is 0 Å². The van der Waals surface area contributed by atoms with E-state index < -0.39 is 23.4 Å². The molecule has 2 rings (SSSR count). The Labute approximate surface area is 113 Å². The van der Waals surface area contributed by atoms with Crippen molar-refractivity contribution >= 4 is 5.91 Å². The van der Waals surface area contributed by atoms with Crippen LogP contribution >= 0.6 is 0 Å². The molecule has 2 heterocycles. The second-order valence-corrected chi connectivity index (χ2v) is 5.03. The van der Waals surface area contributed by atoms with Crippen LogP contribution < -0.4 is 5.43 Å². The van der Waals surface area contributed by atoms with E-state index in [0.717, 1.165) is 4.90 Å². The third-order valence-corrected chi connectivity index (χ3v) is 3.46. The zero-order valence-electron chi connectivity index (χ0n) is 11.0. The molecule has 0 aliphatic carbocycles. The summed E-state index contributed by atoms with van der Waals surface area (Å²) in [6.45, 7) is 1.53. The largest absolute Gasteiger partial charge is 0.393 e. The second-order valence-electron chi connectivity index (χ2n) is 5.03. The monoisotopic (exact) mass is 288 g/mol. The molecule has 20 heavy (non-hydrogen) atoms. The van der Waals surface area contributed by atoms with E-state index in [0.29, 0.717) is 12.1 Å². The van der Waals surface area contributed by atoms with Crippen molar-refractivity contribution in [2.75, 3.05) is 13.1 Å². The van der Waals surface area contributed by atoms with Crippen LogP contribution in [-0.4, -0.2) is 35.1 Å². The third kappa shape index (κ3) is 3.02. The van der Waals surface area contributed by atoms with E-state index in [4.69, 9.17) is 0 Å². The topological polar surface area (TPSA) is 53.2 Å². The molecule has 110 valence electrons. The lowest BCUT2D eigenvalue weighted by Crippen LogP contribution is -2.45. The molecule has 4 nitrogen and oxygen atoms in total. The normalized spacial score (nSPS) is 20.0. The van der Waals surface area contributed by atoms with Gasteiger partial charge in [-0.05, 0) is 19.8 Å². The molecule has 0 aromatic carbocycles. The first-order chi connectivity index (χ1) is 9.29. The molecule has 1 N–H and O–H groups in total. The van der Waals surface area contributed by atoms with E-state index in [1.54, 1.807) is 6.92 Å². The van der Waals surface area contributed by atoms with E-state index in [9.17, 15) is 22.8 Å². The number of likely N-dealkylation sites (tertiary alicyclic amines) is 1. The highest BCUT2D eigenvalue weighted by molar-refractivity contribution is 5.93. The molecule has 7 heteroatoms. The molecule has 1 fully saturated rings. The molecule has 0 spiro atoms. The molecule has 0 saturated carbocycles. The molecule has 1 aromatic heterocycles. The summed E-state index contributed by atoms with van der Waals surface area (Å²) in [5, 5.41) is 0. The molecular formula is C13H15F3N2O2. The summed E-state index contributed by atoms with van der Waals surface area (Å²) in [4.78, 5) is 27.7. The fraction of sp³-hybridized carbons (Fsp3) is 0.538. The zero-order valence-corrected chi connectivity index (χ0v) is 11.0. The van der Waals surface area contributed by atoms with Crippen molar-refractivity contribution in [3.05, 3.63) is 33.7 Å². The van der Waals surface area contributed by atoms with Crippen LogP contribution in [-0.2, 0) is 0 Å². The maximum absolute atomic E-state index is 12.7. The van der Waals surface area contributed by atoms with Crippen molar-refractivity contribution in [2.45, 2.75) is 25.9 Å². The minimum absolute atomic E-state index is 0.0253. The van der Waals surface area contributed by atoms with Gasteiger partial charge in [-0.1, -0.05) is 0 Å². The van der Waals surface area contributed by atoms with Gasteiger partial charge in [0.2, 0.25) is 0 Å². The van der Waals surface area contributed by atoms with E-state index >= 15 is 0 Å². The Morgan fingerprint density at radius 2 is 2.15 bits per heavy atom. The van der Waals surface area contributed by atoms with Gasteiger partial charge < -0.3 is 9.88 Å². The van der Waals surface area contributed by atoms with E-state index in [1.165, 1.54) is 12.3 Å². The number of nitrogens with zero attached hydrogens (tertiary/aromatic N) is 1. The minimum atomic E-state index is -4.31. The number of piperidine rings is 1. The summed E-state index contributed by atoms with van der Waals surface area (Å²) in [6.07, 6.45) is -2.73. The number of alkyl halides is 3. The molecule has 0 radical (unpaired) electrons. The summed E-state index contributed by atoms with van der Waals surface area (Å²) in [7, 11) is 0. The zero-order chi connectivity index (χ0) is 14.9. The number of nitrogens with one attached hydrogen (secondary N) is 1. The van der Waals surface area contributed by atoms with Crippen molar-refractivity contribution in [1.29, 1.82) is 0 Å². The van der Waals surface area contributed by atoms with Gasteiger partial charge in [-0.15, -0.1) is 0 Å². The third-order valence-electron chi connectivity index (χ3n) is 3.46. The lowest BCUT2D eigenvalue weighted by Gasteiger charge is -2.33. The Balaban J connectivity index is 2.19. The molecule has 1 unspecified atom stereocenters. The highest BCUT2D eigenvalue weighted by atomic mass is 19.4. The summed E-state index contributed by atoms with van der Waals surface area (Å²) in [5.41, 5.74) is 0.0113. The highest BCUT2D eigenvalue weighted by Crippen LogP contribution is 2.33. The summed E-state index contributed by atoms with van der Waals surface area (Å²) < 4.78 is 38.1. The maximum atomic E-state index is 12.7. The number of amides is 1. The predicted octanol–water partition coefficient (Wildman–Crippen LogP) is 2.10. The van der Waals surface area contributed by atoms with Gasteiger partial charge in [0.1, 0.15) is 5.56 Å². The Bertz CT molecular complexity index is 565. The van der Waals surface area contributed by atoms with Gasteiger partial charge >= 0.3 is 6.18 Å². The fourth-order valence-corrected chi connectivity index (χ4v) is 2.34. The van der Waals surface area contributed by atoms with Crippen LogP contribution in [0.1, 0.15) is 28.9 Å². The van der Waals surface area contributed by atoms with E-state index in [2.05, 4.69) is 4.98 Å². The SMILES string of the molecule is Cc1cc(=O)c(C(=O)N2CCCC(C(F)(F)F)C2)c[nH]1. The number of aromatic amines is 1. The molecule has 0 bridgehead atoms. The van der Waals surface area contributed by atoms with Gasteiger partial charge in [0.05, 0.1) is 5.92 Å². The lowest BCUT2D eigenvalue weighted by molar-refractivity contribution is -0.184. The first-order valence-electron chi connectivity index (χ1n) is 6.34. The van der Waals surface area contributed by atoms with Crippen LogP contribution in [0, 0.1) is 12.8 Å². The molecule has 1 saturated heterocycles. The van der Waals surface area contributed by atoms with Gasteiger partial charge in [-0.2, -0.15) is 13.2 Å². The number of hydrogen-bond donors (Lipinski definition) is 1. The first-order valence-corrected chi connectivity index (χ1v) is 6.34. The van der Waals surface area contributed by atoms with Gasteiger partial charge in [-0.3, -0.25) is 9.59 Å². The number of rotatable bonds is 1. The smallest absolute Gasteiger partial charge is 0.364 e. The van der Waals surface area contributed by atoms with Gasteiger partial charge in [0.25, 0.3) is 5.91 Å². The van der Waals surface area contributed by atoms with Crippen molar-refractivity contribution in [1.82, 2.24) is 9.88 Å². The molecule has 1 aliphatic heterocycles. The average Bonchev–Trinajstić information content (AvgIpc) is 2.37. The van der Waals surface area contributed by atoms with Crippen molar-refractivity contribution in [3.8, 4) is 0 Å². The summed E-state index contributed by atoms with van der Waals surface area (Å²) in [5.74, 6) is -2.15. The number of halogens is 3. The lowest BCUT2D eigenvalue weighted by atomic mass is 9.97. The van der Waals surface area contributed by atoms with Gasteiger partial charge in [0.15, 0.2) is 5.43 Å². The van der Waals surface area contributed by atoms with Crippen LogP contribution in [0.5, 0.6) is 0 Å². The van der Waals surface area contributed by atoms with Crippen molar-refractivity contribution in [3.63, 3.8) is 0 Å². The summed E-state index contributed by atoms with van der Waals surface area (Å²) in [6, 6.07) is 1.26. The van der Waals surface area contributed by atoms with Crippen molar-refractivity contribution < 1.29 is 18.0 Å². The van der Waals surface area contributed by atoms with Crippen LogP contribution in [0.2, 0.25) is 0 Å². The second kappa shape index (κ2) is 5.30. The van der Waals surface area contributed by atoms with Crippen LogP contribution in [0.15, 0.2) is 17.1 Å². The number of carbonyl (C=O) groups excluding carboxylic acids is 1. The molecule has 1 atom stereocenters. The number of carbonyl (C=O) groups is 1. The Morgan fingerprint density at radius 3 is 2.75 bits per heavy atom.